The van der Waals surface area contributed by atoms with Crippen molar-refractivity contribution in [3.63, 3.8) is 0 Å². The number of nitrogens with one attached hydrogen (secondary N) is 1. The van der Waals surface area contributed by atoms with E-state index in [0.29, 0.717) is 30.1 Å². The molecule has 0 saturated carbocycles. The first-order chi connectivity index (χ1) is 12.3. The van der Waals surface area contributed by atoms with E-state index in [1.807, 2.05) is 39.5 Å². The summed E-state index contributed by atoms with van der Waals surface area (Å²) in [5, 5.41) is 0.488. The summed E-state index contributed by atoms with van der Waals surface area (Å²) < 4.78 is 5.69. The molecule has 0 radical (unpaired) electrons. The lowest BCUT2D eigenvalue weighted by Gasteiger charge is -2.36. The molecule has 1 N–H and O–H groups in total. The van der Waals surface area contributed by atoms with E-state index in [9.17, 15) is 9.59 Å². The maximum Gasteiger partial charge on any atom is 0.259 e. The van der Waals surface area contributed by atoms with Crippen molar-refractivity contribution in [2.24, 2.45) is 0 Å². The molecule has 1 saturated heterocycles. The molecule has 3 rings (SSSR count). The highest BCUT2D eigenvalue weighted by atomic mass is 32.2. The van der Waals surface area contributed by atoms with Gasteiger partial charge in [-0.1, -0.05) is 0 Å². The van der Waals surface area contributed by atoms with E-state index in [1.54, 1.807) is 11.3 Å². The number of aromatic amines is 1. The number of hydrogen-bond donors (Lipinski definition) is 1. The predicted molar refractivity (Wildman–Crippen MR) is 107 cm³/mol. The zero-order valence-electron chi connectivity index (χ0n) is 15.8. The van der Waals surface area contributed by atoms with Crippen LogP contribution < -0.4 is 5.56 Å². The second kappa shape index (κ2) is 7.70. The molecule has 2 aromatic rings. The number of aryl methyl sites for hydroxylation is 2. The molecular formula is C18H25N3O3S2. The molecule has 1 fully saturated rings. The molecule has 8 heteroatoms. The van der Waals surface area contributed by atoms with Crippen molar-refractivity contribution in [3.8, 4) is 0 Å². The van der Waals surface area contributed by atoms with E-state index >= 15 is 0 Å². The van der Waals surface area contributed by atoms with Crippen molar-refractivity contribution in [2.75, 3.05) is 13.1 Å². The van der Waals surface area contributed by atoms with E-state index in [-0.39, 0.29) is 28.9 Å². The summed E-state index contributed by atoms with van der Waals surface area (Å²) in [4.78, 5) is 36.3. The lowest BCUT2D eigenvalue weighted by molar-refractivity contribution is -0.142. The fourth-order valence-electron chi connectivity index (χ4n) is 3.26. The van der Waals surface area contributed by atoms with Crippen molar-refractivity contribution in [1.29, 1.82) is 0 Å². The molecule has 1 aliphatic rings. The zero-order valence-corrected chi connectivity index (χ0v) is 17.4. The van der Waals surface area contributed by atoms with Crippen LogP contribution in [-0.2, 0) is 15.3 Å². The highest BCUT2D eigenvalue weighted by molar-refractivity contribution is 7.99. The molecule has 3 heterocycles. The maximum absolute atomic E-state index is 12.7. The topological polar surface area (TPSA) is 75.3 Å². The number of H-pyrrole nitrogens is 1. The molecule has 0 aromatic carbocycles. The Balaban J connectivity index is 1.67. The minimum absolute atomic E-state index is 0.0608. The second-order valence-corrected chi connectivity index (χ2v) is 9.46. The first-order valence-corrected chi connectivity index (χ1v) is 10.7. The molecule has 0 bridgehead atoms. The Morgan fingerprint density at radius 3 is 2.69 bits per heavy atom. The standard InChI is InChI=1S/C18H25N3O3S2/c1-9-6-21(7-10(2)24-9)18(23)13(5)25-8-14-19-16(22)15-11(3)12(4)26-17(15)20-14/h9-10,13H,6-8H2,1-5H3,(H,19,20,22)/t9-,10-,13+/m0/s1. The van der Waals surface area contributed by atoms with Crippen LogP contribution in [0.1, 0.15) is 37.0 Å². The van der Waals surface area contributed by atoms with Crippen molar-refractivity contribution in [3.05, 3.63) is 26.6 Å². The number of morpholine rings is 1. The van der Waals surface area contributed by atoms with Crippen LogP contribution >= 0.6 is 23.1 Å². The predicted octanol–water partition coefficient (Wildman–Crippen LogP) is 2.86. The van der Waals surface area contributed by atoms with Gasteiger partial charge in [-0.25, -0.2) is 4.98 Å². The first-order valence-electron chi connectivity index (χ1n) is 8.81. The minimum Gasteiger partial charge on any atom is -0.372 e. The number of thioether (sulfide) groups is 1. The van der Waals surface area contributed by atoms with Crippen LogP contribution in [0.25, 0.3) is 10.2 Å². The Hall–Kier alpha value is -1.38. The number of hydrogen-bond acceptors (Lipinski definition) is 6. The van der Waals surface area contributed by atoms with E-state index in [2.05, 4.69) is 9.97 Å². The van der Waals surface area contributed by atoms with Crippen molar-refractivity contribution >= 4 is 39.2 Å². The Bertz CT molecular complexity index is 866. The molecule has 1 aliphatic heterocycles. The van der Waals surface area contributed by atoms with Gasteiger partial charge in [0.1, 0.15) is 10.7 Å². The molecule has 0 aliphatic carbocycles. The van der Waals surface area contributed by atoms with Crippen LogP contribution in [0.4, 0.5) is 0 Å². The fourth-order valence-corrected chi connectivity index (χ4v) is 5.14. The quantitative estimate of drug-likeness (QED) is 0.862. The number of carbonyl (C=O) groups excluding carboxylic acids is 1. The van der Waals surface area contributed by atoms with Crippen LogP contribution in [0.3, 0.4) is 0 Å². The third-order valence-electron chi connectivity index (χ3n) is 4.64. The SMILES string of the molecule is Cc1sc2nc(CS[C@H](C)C(=O)N3C[C@H](C)O[C@@H](C)C3)[nH]c(=O)c2c1C. The summed E-state index contributed by atoms with van der Waals surface area (Å²) in [6.45, 7) is 11.1. The van der Waals surface area contributed by atoms with Gasteiger partial charge in [-0.2, -0.15) is 0 Å². The van der Waals surface area contributed by atoms with Gasteiger partial charge in [0.2, 0.25) is 5.91 Å². The number of rotatable bonds is 4. The van der Waals surface area contributed by atoms with Crippen molar-refractivity contribution < 1.29 is 9.53 Å². The van der Waals surface area contributed by atoms with Gasteiger partial charge in [-0.3, -0.25) is 9.59 Å². The molecular weight excluding hydrogens is 370 g/mol. The van der Waals surface area contributed by atoms with Gasteiger partial charge in [0.05, 0.1) is 28.6 Å². The molecule has 1 amide bonds. The Morgan fingerprint density at radius 1 is 1.38 bits per heavy atom. The number of amides is 1. The average Bonchev–Trinajstić information content (AvgIpc) is 2.85. The minimum atomic E-state index is -0.194. The monoisotopic (exact) mass is 395 g/mol. The van der Waals surface area contributed by atoms with Crippen LogP contribution in [0.2, 0.25) is 0 Å². The molecule has 3 atom stereocenters. The molecule has 0 unspecified atom stereocenters. The average molecular weight is 396 g/mol. The summed E-state index contributed by atoms with van der Waals surface area (Å²) in [5.74, 6) is 1.24. The lowest BCUT2D eigenvalue weighted by Crippen LogP contribution is -2.50. The smallest absolute Gasteiger partial charge is 0.259 e. The van der Waals surface area contributed by atoms with Gasteiger partial charge in [0.15, 0.2) is 0 Å². The molecule has 26 heavy (non-hydrogen) atoms. The summed E-state index contributed by atoms with van der Waals surface area (Å²) in [6.07, 6.45) is 0.122. The van der Waals surface area contributed by atoms with Gasteiger partial charge >= 0.3 is 0 Å². The second-order valence-electron chi connectivity index (χ2n) is 6.93. The Kier molecular flexibility index (Phi) is 5.74. The van der Waals surface area contributed by atoms with Crippen LogP contribution in [0.15, 0.2) is 4.79 Å². The molecule has 2 aromatic heterocycles. The Morgan fingerprint density at radius 2 is 2.04 bits per heavy atom. The summed E-state index contributed by atoms with van der Waals surface area (Å²) in [6, 6.07) is 0. The zero-order chi connectivity index (χ0) is 19.0. The van der Waals surface area contributed by atoms with Gasteiger partial charge in [-0.05, 0) is 40.2 Å². The molecule has 0 spiro atoms. The first kappa shape index (κ1) is 19.4. The maximum atomic E-state index is 12.7. The number of ether oxygens (including phenoxy) is 1. The number of aromatic nitrogens is 2. The van der Waals surface area contributed by atoms with Gasteiger partial charge in [-0.15, -0.1) is 23.1 Å². The number of nitrogens with zero attached hydrogens (tertiary/aromatic N) is 2. The highest BCUT2D eigenvalue weighted by Gasteiger charge is 2.29. The summed E-state index contributed by atoms with van der Waals surface area (Å²) in [5.41, 5.74) is 0.902. The number of thiophene rings is 1. The van der Waals surface area contributed by atoms with Gasteiger partial charge < -0.3 is 14.6 Å². The fraction of sp³-hybridized carbons (Fsp3) is 0.611. The largest absolute Gasteiger partial charge is 0.372 e. The number of carbonyl (C=O) groups is 1. The van der Waals surface area contributed by atoms with E-state index in [1.165, 1.54) is 11.8 Å². The highest BCUT2D eigenvalue weighted by Crippen LogP contribution is 2.27. The van der Waals surface area contributed by atoms with E-state index in [4.69, 9.17) is 4.74 Å². The Labute approximate surface area is 161 Å². The van der Waals surface area contributed by atoms with E-state index < -0.39 is 0 Å². The van der Waals surface area contributed by atoms with Crippen LogP contribution in [0.5, 0.6) is 0 Å². The number of fused-ring (bicyclic) bond motifs is 1. The van der Waals surface area contributed by atoms with Gasteiger partial charge in [0, 0.05) is 18.0 Å². The van der Waals surface area contributed by atoms with E-state index in [0.717, 1.165) is 15.3 Å². The normalized spacial score (nSPS) is 22.0. The molecule has 142 valence electrons. The lowest BCUT2D eigenvalue weighted by atomic mass is 10.2. The van der Waals surface area contributed by atoms with Crippen molar-refractivity contribution in [2.45, 2.75) is 57.8 Å². The van der Waals surface area contributed by atoms with Crippen LogP contribution in [0, 0.1) is 13.8 Å². The van der Waals surface area contributed by atoms with Gasteiger partial charge in [0.25, 0.3) is 5.56 Å². The van der Waals surface area contributed by atoms with Crippen molar-refractivity contribution in [1.82, 2.24) is 14.9 Å². The van der Waals surface area contributed by atoms with Crippen LogP contribution in [-0.4, -0.2) is 51.3 Å². The third kappa shape index (κ3) is 3.97. The summed E-state index contributed by atoms with van der Waals surface area (Å²) >= 11 is 3.04. The third-order valence-corrected chi connectivity index (χ3v) is 6.88. The summed E-state index contributed by atoms with van der Waals surface area (Å²) in [7, 11) is 0. The molecule has 6 nitrogen and oxygen atoms in total.